The van der Waals surface area contributed by atoms with E-state index < -0.39 is 10.8 Å². The molecule has 0 aliphatic carbocycles. The zero-order valence-electron chi connectivity index (χ0n) is 11.3. The average Bonchev–Trinajstić information content (AvgIpc) is 2.36. The first-order valence-corrected chi connectivity index (χ1v) is 5.95. The first kappa shape index (κ1) is 14.9. The molecule has 1 amide bonds. The summed E-state index contributed by atoms with van der Waals surface area (Å²) in [6.07, 6.45) is 1.93. The molecule has 0 saturated carbocycles. The molecule has 0 atom stereocenters. The SMILES string of the molecule is CCC(C)(C)CNC(=O)c1cc([N+](=O)[O-])cnc1N. The van der Waals surface area contributed by atoms with Crippen LogP contribution in [0.1, 0.15) is 37.6 Å². The van der Waals surface area contributed by atoms with Gasteiger partial charge in [0, 0.05) is 12.6 Å². The van der Waals surface area contributed by atoms with Gasteiger partial charge in [-0.05, 0) is 11.8 Å². The molecule has 3 N–H and O–H groups in total. The molecule has 19 heavy (non-hydrogen) atoms. The molecule has 1 aromatic rings. The molecule has 0 aliphatic heterocycles. The van der Waals surface area contributed by atoms with Gasteiger partial charge in [-0.15, -0.1) is 0 Å². The number of hydrogen-bond acceptors (Lipinski definition) is 5. The van der Waals surface area contributed by atoms with Gasteiger partial charge in [-0.2, -0.15) is 0 Å². The Morgan fingerprint density at radius 1 is 1.58 bits per heavy atom. The van der Waals surface area contributed by atoms with Gasteiger partial charge in [0.2, 0.25) is 0 Å². The number of nitrogens with one attached hydrogen (secondary N) is 1. The van der Waals surface area contributed by atoms with E-state index in [0.29, 0.717) is 6.54 Å². The monoisotopic (exact) mass is 266 g/mol. The molecule has 0 radical (unpaired) electrons. The quantitative estimate of drug-likeness (QED) is 0.622. The second-order valence-corrected chi connectivity index (χ2v) is 5.08. The van der Waals surface area contributed by atoms with Crippen LogP contribution in [-0.4, -0.2) is 22.4 Å². The largest absolute Gasteiger partial charge is 0.383 e. The molecule has 7 heteroatoms. The van der Waals surface area contributed by atoms with Crippen molar-refractivity contribution in [2.24, 2.45) is 5.41 Å². The minimum Gasteiger partial charge on any atom is -0.383 e. The number of rotatable bonds is 5. The first-order chi connectivity index (χ1) is 8.76. The second-order valence-electron chi connectivity index (χ2n) is 5.08. The van der Waals surface area contributed by atoms with Crippen molar-refractivity contribution in [3.63, 3.8) is 0 Å². The molecule has 0 spiro atoms. The molecule has 1 rings (SSSR count). The highest BCUT2D eigenvalue weighted by molar-refractivity contribution is 5.98. The van der Waals surface area contributed by atoms with Gasteiger partial charge in [0.25, 0.3) is 11.6 Å². The van der Waals surface area contributed by atoms with Gasteiger partial charge in [0.05, 0.1) is 10.5 Å². The zero-order chi connectivity index (χ0) is 14.6. The standard InChI is InChI=1S/C12H18N4O3/c1-4-12(2,3)7-15-11(17)9-5-8(16(18)19)6-14-10(9)13/h5-6H,4,7H2,1-3H3,(H2,13,14)(H,15,17). The Morgan fingerprint density at radius 3 is 2.74 bits per heavy atom. The highest BCUT2D eigenvalue weighted by atomic mass is 16.6. The van der Waals surface area contributed by atoms with Crippen molar-refractivity contribution in [2.45, 2.75) is 27.2 Å². The lowest BCUT2D eigenvalue weighted by Crippen LogP contribution is -2.34. The highest BCUT2D eigenvalue weighted by Crippen LogP contribution is 2.19. The van der Waals surface area contributed by atoms with Crippen LogP contribution in [0.25, 0.3) is 0 Å². The molecule has 1 heterocycles. The van der Waals surface area contributed by atoms with Crippen LogP contribution >= 0.6 is 0 Å². The second kappa shape index (κ2) is 5.64. The van der Waals surface area contributed by atoms with Crippen molar-refractivity contribution in [1.82, 2.24) is 10.3 Å². The summed E-state index contributed by atoms with van der Waals surface area (Å²) in [6.45, 7) is 6.52. The summed E-state index contributed by atoms with van der Waals surface area (Å²) >= 11 is 0. The number of hydrogen-bond donors (Lipinski definition) is 2. The van der Waals surface area contributed by atoms with Gasteiger partial charge >= 0.3 is 0 Å². The van der Waals surface area contributed by atoms with Crippen molar-refractivity contribution < 1.29 is 9.72 Å². The number of nitrogens with two attached hydrogens (primary N) is 1. The number of nitrogen functional groups attached to an aromatic ring is 1. The van der Waals surface area contributed by atoms with Gasteiger partial charge in [0.15, 0.2) is 0 Å². The number of nitrogens with zero attached hydrogens (tertiary/aromatic N) is 2. The number of anilines is 1. The summed E-state index contributed by atoms with van der Waals surface area (Å²) < 4.78 is 0. The molecule has 0 aromatic carbocycles. The Labute approximate surface area is 111 Å². The summed E-state index contributed by atoms with van der Waals surface area (Å²) in [4.78, 5) is 25.6. The van der Waals surface area contributed by atoms with E-state index in [-0.39, 0.29) is 22.5 Å². The Morgan fingerprint density at radius 2 is 2.21 bits per heavy atom. The fourth-order valence-electron chi connectivity index (χ4n) is 1.29. The van der Waals surface area contributed by atoms with E-state index in [9.17, 15) is 14.9 Å². The van der Waals surface area contributed by atoms with Gasteiger partial charge in [-0.3, -0.25) is 14.9 Å². The Hall–Kier alpha value is -2.18. The van der Waals surface area contributed by atoms with Crippen molar-refractivity contribution in [3.8, 4) is 0 Å². The molecule has 0 fully saturated rings. The molecule has 7 nitrogen and oxygen atoms in total. The van der Waals surface area contributed by atoms with Crippen molar-refractivity contribution >= 4 is 17.4 Å². The van der Waals surface area contributed by atoms with E-state index in [1.54, 1.807) is 0 Å². The van der Waals surface area contributed by atoms with E-state index in [0.717, 1.165) is 18.7 Å². The van der Waals surface area contributed by atoms with Crippen LogP contribution < -0.4 is 11.1 Å². The zero-order valence-corrected chi connectivity index (χ0v) is 11.3. The topological polar surface area (TPSA) is 111 Å². The molecule has 0 aliphatic rings. The summed E-state index contributed by atoms with van der Waals surface area (Å²) in [7, 11) is 0. The number of nitro groups is 1. The summed E-state index contributed by atoms with van der Waals surface area (Å²) in [5, 5.41) is 13.4. The maximum atomic E-state index is 11.9. The molecule has 0 unspecified atom stereocenters. The first-order valence-electron chi connectivity index (χ1n) is 5.95. The van der Waals surface area contributed by atoms with Gasteiger partial charge in [-0.25, -0.2) is 4.98 Å². The van der Waals surface area contributed by atoms with E-state index in [2.05, 4.69) is 10.3 Å². The van der Waals surface area contributed by atoms with Crippen LogP contribution in [-0.2, 0) is 0 Å². The molecule has 0 bridgehead atoms. The van der Waals surface area contributed by atoms with Crippen molar-refractivity contribution in [1.29, 1.82) is 0 Å². The van der Waals surface area contributed by atoms with Crippen LogP contribution in [0.15, 0.2) is 12.3 Å². The Kier molecular flexibility index (Phi) is 4.42. The molecule has 0 saturated heterocycles. The summed E-state index contributed by atoms with van der Waals surface area (Å²) in [5.41, 5.74) is 5.30. The molecule has 1 aromatic heterocycles. The van der Waals surface area contributed by atoms with Gasteiger partial charge in [0.1, 0.15) is 12.0 Å². The average molecular weight is 266 g/mol. The molecular formula is C12H18N4O3. The van der Waals surface area contributed by atoms with Crippen LogP contribution in [0.3, 0.4) is 0 Å². The van der Waals surface area contributed by atoms with Crippen molar-refractivity contribution in [3.05, 3.63) is 27.9 Å². The highest BCUT2D eigenvalue weighted by Gasteiger charge is 2.20. The minimum absolute atomic E-state index is 0.0163. The Balaban J connectivity index is 2.88. The minimum atomic E-state index is -0.612. The van der Waals surface area contributed by atoms with Crippen molar-refractivity contribution in [2.75, 3.05) is 12.3 Å². The maximum absolute atomic E-state index is 11.9. The molecule has 104 valence electrons. The summed E-state index contributed by atoms with van der Waals surface area (Å²) in [5.74, 6) is -0.465. The lowest BCUT2D eigenvalue weighted by molar-refractivity contribution is -0.385. The van der Waals surface area contributed by atoms with E-state index in [4.69, 9.17) is 5.73 Å². The smallest absolute Gasteiger partial charge is 0.288 e. The fraction of sp³-hybridized carbons (Fsp3) is 0.500. The predicted octanol–water partition coefficient (Wildman–Crippen LogP) is 1.74. The fourth-order valence-corrected chi connectivity index (χ4v) is 1.29. The normalized spacial score (nSPS) is 11.1. The van der Waals surface area contributed by atoms with Crippen LogP contribution in [0, 0.1) is 15.5 Å². The number of carbonyl (C=O) groups is 1. The number of pyridine rings is 1. The number of carbonyl (C=O) groups excluding carboxylic acids is 1. The van der Waals surface area contributed by atoms with Gasteiger partial charge in [-0.1, -0.05) is 20.8 Å². The maximum Gasteiger partial charge on any atom is 0.288 e. The third-order valence-electron chi connectivity index (χ3n) is 3.04. The third kappa shape index (κ3) is 3.90. The molecular weight excluding hydrogens is 248 g/mol. The van der Waals surface area contributed by atoms with Crippen LogP contribution in [0.5, 0.6) is 0 Å². The number of aromatic nitrogens is 1. The van der Waals surface area contributed by atoms with Crippen LogP contribution in [0.2, 0.25) is 0 Å². The predicted molar refractivity (Wildman–Crippen MR) is 71.7 cm³/mol. The Bertz CT molecular complexity index is 500. The van der Waals surface area contributed by atoms with E-state index in [1.165, 1.54) is 0 Å². The van der Waals surface area contributed by atoms with E-state index in [1.807, 2.05) is 20.8 Å². The lowest BCUT2D eigenvalue weighted by Gasteiger charge is -2.22. The van der Waals surface area contributed by atoms with E-state index >= 15 is 0 Å². The summed E-state index contributed by atoms with van der Waals surface area (Å²) in [6, 6.07) is 1.14. The number of amides is 1. The van der Waals surface area contributed by atoms with Gasteiger partial charge < -0.3 is 11.1 Å². The lowest BCUT2D eigenvalue weighted by atomic mass is 9.90. The van der Waals surface area contributed by atoms with Crippen LogP contribution in [0.4, 0.5) is 11.5 Å². The third-order valence-corrected chi connectivity index (χ3v) is 3.04.